The van der Waals surface area contributed by atoms with Gasteiger partial charge in [0, 0.05) is 35.1 Å². The van der Waals surface area contributed by atoms with Gasteiger partial charge in [-0.05, 0) is 6.42 Å². The van der Waals surface area contributed by atoms with Crippen molar-refractivity contribution in [3.63, 3.8) is 0 Å². The molecule has 10 nitrogen and oxygen atoms in total. The van der Waals surface area contributed by atoms with Crippen molar-refractivity contribution >= 4 is 35.7 Å². The second-order valence-corrected chi connectivity index (χ2v) is 4.59. The van der Waals surface area contributed by atoms with Gasteiger partial charge in [0.25, 0.3) is 0 Å². The third kappa shape index (κ3) is 10.3. The molecule has 0 aliphatic heterocycles. The van der Waals surface area contributed by atoms with Crippen LogP contribution in [0.4, 0.5) is 0 Å². The first-order chi connectivity index (χ1) is 9.86. The average Bonchev–Trinajstić information content (AvgIpc) is 2.40. The third-order valence-corrected chi connectivity index (χ3v) is 2.74. The van der Waals surface area contributed by atoms with Crippen molar-refractivity contribution in [2.45, 2.75) is 25.3 Å². The highest BCUT2D eigenvalue weighted by molar-refractivity contribution is 7.97. The Bertz CT molecular complexity index is 415. The van der Waals surface area contributed by atoms with E-state index < -0.39 is 36.3 Å². The van der Waals surface area contributed by atoms with Crippen LogP contribution in [0.25, 0.3) is 0 Å². The maximum Gasteiger partial charge on any atom is 0.322 e. The summed E-state index contributed by atoms with van der Waals surface area (Å²) in [6, 6.07) is -1.12. The summed E-state index contributed by atoms with van der Waals surface area (Å²) in [4.78, 5) is 53.8. The maximum atomic E-state index is 11.6. The van der Waals surface area contributed by atoms with Crippen molar-refractivity contribution in [3.05, 3.63) is 4.91 Å². The number of nitrogens with one attached hydrogen (secondary N) is 2. The Morgan fingerprint density at radius 2 is 1.76 bits per heavy atom. The molecule has 21 heavy (non-hydrogen) atoms. The fraction of sp³-hybridized carbons (Fsp3) is 0.600. The highest BCUT2D eigenvalue weighted by Crippen LogP contribution is 2.05. The van der Waals surface area contributed by atoms with Crippen LogP contribution < -0.4 is 10.6 Å². The molecule has 0 saturated carbocycles. The molecule has 118 valence electrons. The van der Waals surface area contributed by atoms with E-state index in [0.29, 0.717) is 11.9 Å². The number of hydrogen-bond acceptors (Lipinski definition) is 7. The minimum absolute atomic E-state index is 0.101. The Morgan fingerprint density at radius 3 is 2.29 bits per heavy atom. The quantitative estimate of drug-likeness (QED) is 0.288. The van der Waals surface area contributed by atoms with Crippen molar-refractivity contribution in [3.8, 4) is 0 Å². The zero-order chi connectivity index (χ0) is 16.3. The zero-order valence-electron chi connectivity index (χ0n) is 10.9. The van der Waals surface area contributed by atoms with Crippen molar-refractivity contribution in [2.24, 2.45) is 4.58 Å². The first-order valence-electron chi connectivity index (χ1n) is 5.82. The van der Waals surface area contributed by atoms with Gasteiger partial charge in [0.2, 0.25) is 11.8 Å². The second-order valence-electron chi connectivity index (χ2n) is 3.85. The van der Waals surface area contributed by atoms with Gasteiger partial charge in [-0.2, -0.15) is 0 Å². The number of hydrogen-bond donors (Lipinski definition) is 4. The van der Waals surface area contributed by atoms with Crippen LogP contribution in [-0.2, 0) is 19.2 Å². The molecule has 0 saturated heterocycles. The molecule has 0 aromatic rings. The average molecular weight is 321 g/mol. The summed E-state index contributed by atoms with van der Waals surface area (Å²) in [5.74, 6) is -3.78. The fourth-order valence-corrected chi connectivity index (χ4v) is 1.69. The largest absolute Gasteiger partial charge is 0.481 e. The molecule has 0 spiro atoms. The van der Waals surface area contributed by atoms with Crippen LogP contribution in [0.1, 0.15) is 19.3 Å². The van der Waals surface area contributed by atoms with E-state index in [4.69, 9.17) is 10.2 Å². The molecule has 2 amide bonds. The SMILES string of the molecule is O=NSCC(NC(=O)CCCC(=O)O)C(=O)NCC(=O)O. The number of amides is 2. The fourth-order valence-electron chi connectivity index (χ4n) is 1.24. The molecule has 0 aromatic heterocycles. The Balaban J connectivity index is 4.35. The van der Waals surface area contributed by atoms with E-state index in [2.05, 4.69) is 15.2 Å². The molecule has 0 rings (SSSR count). The molecule has 1 unspecified atom stereocenters. The lowest BCUT2D eigenvalue weighted by Crippen LogP contribution is -2.49. The van der Waals surface area contributed by atoms with Crippen LogP contribution in [-0.4, -0.2) is 52.3 Å². The van der Waals surface area contributed by atoms with Crippen molar-refractivity contribution < 1.29 is 29.4 Å². The van der Waals surface area contributed by atoms with Gasteiger partial charge in [-0.3, -0.25) is 19.2 Å². The Hall–Kier alpha value is -2.17. The Kier molecular flexibility index (Phi) is 9.50. The number of carbonyl (C=O) groups is 4. The highest BCUT2D eigenvalue weighted by Gasteiger charge is 2.21. The number of aliphatic carboxylic acids is 2. The number of carboxylic acid groups (broad SMARTS) is 2. The standard InChI is InChI=1S/C10H15N3O7S/c14-7(2-1-3-8(15)16)12-6(5-21-13-20)10(19)11-4-9(17)18/h6H,1-5H2,(H,11,19)(H,12,14)(H,15,16)(H,17,18). The molecular formula is C10H15N3O7S. The molecule has 1 atom stereocenters. The summed E-state index contributed by atoms with van der Waals surface area (Å²) < 4.78 is 2.49. The van der Waals surface area contributed by atoms with Crippen LogP contribution in [0.2, 0.25) is 0 Å². The van der Waals surface area contributed by atoms with Gasteiger partial charge >= 0.3 is 11.9 Å². The van der Waals surface area contributed by atoms with Crippen LogP contribution in [0.15, 0.2) is 4.58 Å². The molecular weight excluding hydrogens is 306 g/mol. The van der Waals surface area contributed by atoms with E-state index in [9.17, 15) is 24.1 Å². The minimum atomic E-state index is -1.25. The topological polar surface area (TPSA) is 162 Å². The summed E-state index contributed by atoms with van der Waals surface area (Å²) in [5.41, 5.74) is 0. The lowest BCUT2D eigenvalue weighted by molar-refractivity contribution is -0.138. The molecule has 0 aliphatic carbocycles. The second kappa shape index (κ2) is 10.6. The number of carbonyl (C=O) groups excluding carboxylic acids is 2. The van der Waals surface area contributed by atoms with Crippen LogP contribution in [0, 0.1) is 4.91 Å². The van der Waals surface area contributed by atoms with Crippen LogP contribution in [0.5, 0.6) is 0 Å². The predicted molar refractivity (Wildman–Crippen MR) is 72.3 cm³/mol. The minimum Gasteiger partial charge on any atom is -0.481 e. The van der Waals surface area contributed by atoms with Gasteiger partial charge in [0.05, 0.1) is 0 Å². The van der Waals surface area contributed by atoms with Gasteiger partial charge < -0.3 is 20.8 Å². The van der Waals surface area contributed by atoms with E-state index in [1.807, 2.05) is 0 Å². The molecule has 0 aliphatic rings. The van der Waals surface area contributed by atoms with Crippen molar-refractivity contribution in [1.29, 1.82) is 0 Å². The lowest BCUT2D eigenvalue weighted by Gasteiger charge is -2.16. The smallest absolute Gasteiger partial charge is 0.322 e. The van der Waals surface area contributed by atoms with Gasteiger partial charge in [0.1, 0.15) is 12.6 Å². The Labute approximate surface area is 123 Å². The van der Waals surface area contributed by atoms with E-state index in [1.54, 1.807) is 0 Å². The summed E-state index contributed by atoms with van der Waals surface area (Å²) in [6.07, 6.45) is -0.189. The number of nitrogens with zero attached hydrogens (tertiary/aromatic N) is 1. The molecule has 0 fully saturated rings. The highest BCUT2D eigenvalue weighted by atomic mass is 32.2. The van der Waals surface area contributed by atoms with Gasteiger partial charge in [-0.25, -0.2) is 0 Å². The molecule has 0 heterocycles. The predicted octanol–water partition coefficient (Wildman–Crippen LogP) is -0.658. The van der Waals surface area contributed by atoms with Crippen molar-refractivity contribution in [2.75, 3.05) is 12.3 Å². The van der Waals surface area contributed by atoms with Crippen LogP contribution in [0.3, 0.4) is 0 Å². The summed E-state index contributed by atoms with van der Waals surface area (Å²) in [6.45, 7) is -0.622. The molecule has 0 bridgehead atoms. The van der Waals surface area contributed by atoms with Gasteiger partial charge in [-0.1, -0.05) is 0 Å². The van der Waals surface area contributed by atoms with E-state index in [1.165, 1.54) is 0 Å². The summed E-state index contributed by atoms with van der Waals surface area (Å²) >= 11 is 0.502. The third-order valence-electron chi connectivity index (χ3n) is 2.15. The zero-order valence-corrected chi connectivity index (χ0v) is 11.7. The van der Waals surface area contributed by atoms with Crippen molar-refractivity contribution in [1.82, 2.24) is 10.6 Å². The molecule has 0 radical (unpaired) electrons. The Morgan fingerprint density at radius 1 is 1.10 bits per heavy atom. The maximum absolute atomic E-state index is 11.6. The van der Waals surface area contributed by atoms with Crippen LogP contribution >= 0.6 is 11.9 Å². The first-order valence-corrected chi connectivity index (χ1v) is 6.76. The van der Waals surface area contributed by atoms with Gasteiger partial charge in [-0.15, -0.1) is 4.91 Å². The number of nitroso groups, excluding NO2 is 1. The molecule has 11 heteroatoms. The number of rotatable bonds is 11. The first kappa shape index (κ1) is 18.8. The summed E-state index contributed by atoms with van der Waals surface area (Å²) in [7, 11) is 0. The monoisotopic (exact) mass is 321 g/mol. The summed E-state index contributed by atoms with van der Waals surface area (Å²) in [5, 5.41) is 21.2. The lowest BCUT2D eigenvalue weighted by atomic mass is 10.2. The molecule has 4 N–H and O–H groups in total. The van der Waals surface area contributed by atoms with E-state index in [-0.39, 0.29) is 25.0 Å². The normalized spacial score (nSPS) is 11.2. The van der Waals surface area contributed by atoms with E-state index in [0.717, 1.165) is 0 Å². The molecule has 0 aromatic carbocycles. The number of carboxylic acids is 2. The van der Waals surface area contributed by atoms with Gasteiger partial charge in [0.15, 0.2) is 0 Å². The van der Waals surface area contributed by atoms with E-state index >= 15 is 0 Å².